The topological polar surface area (TPSA) is 55.0 Å². The smallest absolute Gasteiger partial charge is 0.260 e. The molecule has 0 amide bonds. The van der Waals surface area contributed by atoms with Gasteiger partial charge >= 0.3 is 0 Å². The fourth-order valence-electron chi connectivity index (χ4n) is 3.67. The summed E-state index contributed by atoms with van der Waals surface area (Å²) in [6, 6.07) is 8.09. The van der Waals surface area contributed by atoms with Crippen LogP contribution in [0.3, 0.4) is 0 Å². The second-order valence-electron chi connectivity index (χ2n) is 7.57. The number of hydrogen-bond donors (Lipinski definition) is 1. The highest BCUT2D eigenvalue weighted by Crippen LogP contribution is 2.36. The van der Waals surface area contributed by atoms with Crippen molar-refractivity contribution in [1.29, 1.82) is 0 Å². The van der Waals surface area contributed by atoms with Crippen LogP contribution in [0.15, 0.2) is 34.2 Å². The van der Waals surface area contributed by atoms with Gasteiger partial charge in [0.15, 0.2) is 5.16 Å². The van der Waals surface area contributed by atoms with Gasteiger partial charge in [-0.1, -0.05) is 36.9 Å². The summed E-state index contributed by atoms with van der Waals surface area (Å²) in [6.07, 6.45) is 5.27. The first-order chi connectivity index (χ1) is 13.6. The number of unbranched alkanes of at least 4 members (excludes halogenated alkanes) is 1. The molecule has 4 nitrogen and oxygen atoms in total. The van der Waals surface area contributed by atoms with Crippen molar-refractivity contribution >= 4 is 33.3 Å². The number of nitrogens with one attached hydrogen (secondary N) is 1. The Balaban J connectivity index is 1.32. The Morgan fingerprint density at radius 1 is 1.32 bits per heavy atom. The third-order valence-corrected chi connectivity index (χ3v) is 7.38. The minimum atomic E-state index is 0.0300. The minimum Gasteiger partial charge on any atom is -0.493 e. The maximum absolute atomic E-state index is 12.6. The molecule has 0 saturated heterocycles. The van der Waals surface area contributed by atoms with Crippen molar-refractivity contribution in [3.63, 3.8) is 0 Å². The maximum atomic E-state index is 12.6. The van der Waals surface area contributed by atoms with Crippen LogP contribution in [0.1, 0.15) is 42.2 Å². The number of aromatic nitrogens is 2. The molecule has 1 atom stereocenters. The van der Waals surface area contributed by atoms with Crippen LogP contribution in [0.4, 0.5) is 0 Å². The number of aryl methyl sites for hydroxylation is 2. The van der Waals surface area contributed by atoms with Gasteiger partial charge in [-0.25, -0.2) is 4.98 Å². The zero-order valence-electron chi connectivity index (χ0n) is 16.4. The first-order valence-corrected chi connectivity index (χ1v) is 11.8. The Morgan fingerprint density at radius 2 is 2.18 bits per heavy atom. The molecule has 3 aromatic rings. The molecule has 0 saturated carbocycles. The number of rotatable bonds is 7. The van der Waals surface area contributed by atoms with Crippen molar-refractivity contribution in [2.24, 2.45) is 5.92 Å². The number of para-hydroxylation sites is 1. The van der Waals surface area contributed by atoms with E-state index in [0.717, 1.165) is 52.6 Å². The van der Waals surface area contributed by atoms with Crippen LogP contribution in [-0.4, -0.2) is 22.3 Å². The van der Waals surface area contributed by atoms with Crippen LogP contribution >= 0.6 is 23.1 Å². The molecule has 1 N–H and O–H groups in total. The second-order valence-corrected chi connectivity index (χ2v) is 9.74. The molecule has 1 aliphatic rings. The molecule has 0 bridgehead atoms. The normalized spacial score (nSPS) is 16.3. The van der Waals surface area contributed by atoms with E-state index in [1.807, 2.05) is 18.2 Å². The van der Waals surface area contributed by atoms with Gasteiger partial charge in [-0.05, 0) is 62.1 Å². The van der Waals surface area contributed by atoms with E-state index in [0.29, 0.717) is 12.5 Å². The molecular formula is C22H26N2O2S2. The van der Waals surface area contributed by atoms with Crippen molar-refractivity contribution in [1.82, 2.24) is 9.97 Å². The van der Waals surface area contributed by atoms with Gasteiger partial charge in [-0.3, -0.25) is 4.79 Å². The van der Waals surface area contributed by atoms with Gasteiger partial charge in [0.1, 0.15) is 10.6 Å². The molecule has 148 valence electrons. The Kier molecular flexibility index (Phi) is 6.07. The number of thioether (sulfide) groups is 1. The number of thiophene rings is 1. The molecule has 0 spiro atoms. The fraction of sp³-hybridized carbons (Fsp3) is 0.455. The largest absolute Gasteiger partial charge is 0.493 e. The van der Waals surface area contributed by atoms with Crippen LogP contribution in [0, 0.1) is 12.8 Å². The molecule has 6 heteroatoms. The first kappa shape index (κ1) is 19.5. The summed E-state index contributed by atoms with van der Waals surface area (Å²) in [5, 5.41) is 1.58. The molecule has 0 fully saturated rings. The summed E-state index contributed by atoms with van der Waals surface area (Å²) in [6.45, 7) is 5.06. The Hall–Kier alpha value is -1.79. The predicted molar refractivity (Wildman–Crippen MR) is 118 cm³/mol. The lowest BCUT2D eigenvalue weighted by Gasteiger charge is -2.17. The van der Waals surface area contributed by atoms with E-state index >= 15 is 0 Å². The van der Waals surface area contributed by atoms with Gasteiger partial charge in [0, 0.05) is 10.6 Å². The highest BCUT2D eigenvalue weighted by molar-refractivity contribution is 7.99. The summed E-state index contributed by atoms with van der Waals surface area (Å²) in [4.78, 5) is 22.6. The minimum absolute atomic E-state index is 0.0300. The highest BCUT2D eigenvalue weighted by atomic mass is 32.2. The molecular weight excluding hydrogens is 388 g/mol. The number of nitrogens with zero attached hydrogens (tertiary/aromatic N) is 1. The summed E-state index contributed by atoms with van der Waals surface area (Å²) in [5.41, 5.74) is 2.44. The van der Waals surface area contributed by atoms with Crippen LogP contribution in [-0.2, 0) is 12.8 Å². The molecule has 4 rings (SSSR count). The van der Waals surface area contributed by atoms with Gasteiger partial charge in [0.2, 0.25) is 0 Å². The van der Waals surface area contributed by atoms with Crippen molar-refractivity contribution in [3.05, 3.63) is 50.6 Å². The number of benzene rings is 1. The van der Waals surface area contributed by atoms with E-state index in [1.165, 1.54) is 22.4 Å². The zero-order valence-corrected chi connectivity index (χ0v) is 18.0. The van der Waals surface area contributed by atoms with Crippen molar-refractivity contribution in [2.45, 2.75) is 51.1 Å². The van der Waals surface area contributed by atoms with E-state index in [1.54, 1.807) is 23.1 Å². The van der Waals surface area contributed by atoms with Gasteiger partial charge in [-0.15, -0.1) is 11.3 Å². The quantitative estimate of drug-likeness (QED) is 0.321. The third-order valence-electron chi connectivity index (χ3n) is 5.27. The Labute approximate surface area is 173 Å². The van der Waals surface area contributed by atoms with Gasteiger partial charge in [0.25, 0.3) is 5.56 Å². The zero-order chi connectivity index (χ0) is 19.5. The standard InChI is InChI=1S/C22H26N2O2S2/c1-14-9-10-16-18(13-14)28-21-19(16)20(25)23-22(24-21)27-12-6-5-11-26-17-8-4-3-7-15(17)2/h3-4,7-8,14H,5-6,9-13H2,1-2H3,(H,23,24,25)/t14-/m0/s1. The van der Waals surface area contributed by atoms with Crippen LogP contribution < -0.4 is 10.3 Å². The molecule has 2 aromatic heterocycles. The SMILES string of the molecule is Cc1ccccc1OCCCCSc1nc2sc3c(c2c(=O)[nH]1)CC[C@H](C)C3. The highest BCUT2D eigenvalue weighted by Gasteiger charge is 2.23. The molecule has 1 aromatic carbocycles. The number of hydrogen-bond acceptors (Lipinski definition) is 5. The summed E-state index contributed by atoms with van der Waals surface area (Å²) >= 11 is 3.34. The van der Waals surface area contributed by atoms with E-state index in [2.05, 4.69) is 24.9 Å². The average Bonchev–Trinajstić information content (AvgIpc) is 3.03. The number of fused-ring (bicyclic) bond motifs is 3. The molecule has 0 aliphatic heterocycles. The number of aromatic amines is 1. The molecule has 1 aliphatic carbocycles. The summed E-state index contributed by atoms with van der Waals surface area (Å²) in [5.74, 6) is 2.59. The van der Waals surface area contributed by atoms with Crippen molar-refractivity contribution in [2.75, 3.05) is 12.4 Å². The number of H-pyrrole nitrogens is 1. The van der Waals surface area contributed by atoms with E-state index in [9.17, 15) is 4.79 Å². The molecule has 2 heterocycles. The van der Waals surface area contributed by atoms with Gasteiger partial charge < -0.3 is 9.72 Å². The lowest BCUT2D eigenvalue weighted by atomic mass is 9.89. The van der Waals surface area contributed by atoms with Crippen LogP contribution in [0.25, 0.3) is 10.2 Å². The van der Waals surface area contributed by atoms with Crippen LogP contribution in [0.5, 0.6) is 5.75 Å². The molecule has 0 radical (unpaired) electrons. The predicted octanol–water partition coefficient (Wildman–Crippen LogP) is 5.37. The van der Waals surface area contributed by atoms with E-state index < -0.39 is 0 Å². The summed E-state index contributed by atoms with van der Waals surface area (Å²) < 4.78 is 5.84. The third kappa shape index (κ3) is 4.28. The van der Waals surface area contributed by atoms with Crippen molar-refractivity contribution < 1.29 is 4.74 Å². The molecule has 0 unspecified atom stereocenters. The lowest BCUT2D eigenvalue weighted by Crippen LogP contribution is -2.13. The lowest BCUT2D eigenvalue weighted by molar-refractivity contribution is 0.308. The number of ether oxygens (including phenoxy) is 1. The van der Waals surface area contributed by atoms with Crippen LogP contribution in [0.2, 0.25) is 0 Å². The summed E-state index contributed by atoms with van der Waals surface area (Å²) in [7, 11) is 0. The monoisotopic (exact) mass is 414 g/mol. The molecule has 28 heavy (non-hydrogen) atoms. The Bertz CT molecular complexity index is 1030. The van der Waals surface area contributed by atoms with Gasteiger partial charge in [-0.2, -0.15) is 0 Å². The van der Waals surface area contributed by atoms with Gasteiger partial charge in [0.05, 0.1) is 12.0 Å². The average molecular weight is 415 g/mol. The van der Waals surface area contributed by atoms with Crippen molar-refractivity contribution in [3.8, 4) is 5.75 Å². The van der Waals surface area contributed by atoms with E-state index in [4.69, 9.17) is 9.72 Å². The fourth-order valence-corrected chi connectivity index (χ4v) is 5.97. The first-order valence-electron chi connectivity index (χ1n) is 9.97. The Morgan fingerprint density at radius 3 is 3.04 bits per heavy atom. The second kappa shape index (κ2) is 8.70. The maximum Gasteiger partial charge on any atom is 0.260 e. The van der Waals surface area contributed by atoms with E-state index in [-0.39, 0.29) is 5.56 Å².